The molecule has 0 N–H and O–H groups in total. The third kappa shape index (κ3) is 2.98. The van der Waals surface area contributed by atoms with E-state index >= 15 is 0 Å². The van der Waals surface area contributed by atoms with Crippen LogP contribution in [0.4, 0.5) is 0 Å². The van der Waals surface area contributed by atoms with Crippen molar-refractivity contribution in [2.24, 2.45) is 0 Å². The number of hydrogen-bond acceptors (Lipinski definition) is 0. The molecule has 0 nitrogen and oxygen atoms in total. The summed E-state index contributed by atoms with van der Waals surface area (Å²) in [5, 5.41) is 0. The van der Waals surface area contributed by atoms with E-state index in [-0.39, 0.29) is 0 Å². The van der Waals surface area contributed by atoms with Gasteiger partial charge in [-0.3, -0.25) is 0 Å². The fraction of sp³-hybridized carbons (Fsp3) is 0.500. The summed E-state index contributed by atoms with van der Waals surface area (Å²) < 4.78 is 0. The average Bonchev–Trinajstić information content (AvgIpc) is 2.35. The number of hydrogen-bond donors (Lipinski definition) is 0. The van der Waals surface area contributed by atoms with Gasteiger partial charge in [-0.1, -0.05) is 39.0 Å². The highest BCUT2D eigenvalue weighted by Gasteiger charge is 2.06. The Bertz CT molecular complexity index is 347. The summed E-state index contributed by atoms with van der Waals surface area (Å²) in [4.78, 5) is 0. The Kier molecular flexibility index (Phi) is 5.31. The quantitative estimate of drug-likeness (QED) is 0.614. The summed E-state index contributed by atoms with van der Waals surface area (Å²) in [5.41, 5.74) is 6.10. The number of aryl methyl sites for hydroxylation is 4. The molecule has 1 aromatic rings. The second-order valence-corrected chi connectivity index (χ2v) is 4.28. The van der Waals surface area contributed by atoms with E-state index in [1.54, 1.807) is 0 Å². The van der Waals surface area contributed by atoms with E-state index in [4.69, 9.17) is 0 Å². The van der Waals surface area contributed by atoms with Gasteiger partial charge in [0.15, 0.2) is 0 Å². The Labute approximate surface area is 100 Å². The topological polar surface area (TPSA) is 0 Å². The van der Waals surface area contributed by atoms with Gasteiger partial charge in [0.05, 0.1) is 0 Å². The largest absolute Gasteiger partial charge is 0.103 e. The zero-order chi connectivity index (χ0) is 12.0. The van der Waals surface area contributed by atoms with Crippen LogP contribution in [0.1, 0.15) is 49.4 Å². The van der Waals surface area contributed by atoms with Crippen molar-refractivity contribution < 1.29 is 0 Å². The standard InChI is InChI=1S/C16H24/c1-5-9-10-16-12-14(7-3)13(6-2)11-15(16)8-4/h5,11-12H,1,6-10H2,2-4H3. The van der Waals surface area contributed by atoms with Gasteiger partial charge in [-0.2, -0.15) is 0 Å². The van der Waals surface area contributed by atoms with Gasteiger partial charge in [0.1, 0.15) is 0 Å². The first-order valence-corrected chi connectivity index (χ1v) is 6.51. The van der Waals surface area contributed by atoms with Crippen molar-refractivity contribution in [3.8, 4) is 0 Å². The second-order valence-electron chi connectivity index (χ2n) is 4.28. The molecule has 0 unspecified atom stereocenters. The first-order chi connectivity index (χ1) is 7.76. The minimum Gasteiger partial charge on any atom is -0.103 e. The molecular formula is C16H24. The molecular weight excluding hydrogens is 192 g/mol. The lowest BCUT2D eigenvalue weighted by Gasteiger charge is -2.13. The van der Waals surface area contributed by atoms with Crippen LogP contribution < -0.4 is 0 Å². The number of allylic oxidation sites excluding steroid dienone is 1. The van der Waals surface area contributed by atoms with E-state index in [9.17, 15) is 0 Å². The zero-order valence-electron chi connectivity index (χ0n) is 11.0. The van der Waals surface area contributed by atoms with Crippen molar-refractivity contribution in [2.75, 3.05) is 0 Å². The maximum atomic E-state index is 3.81. The van der Waals surface area contributed by atoms with E-state index in [2.05, 4.69) is 39.5 Å². The lowest BCUT2D eigenvalue weighted by atomic mass is 9.92. The fourth-order valence-corrected chi connectivity index (χ4v) is 2.27. The molecule has 0 aliphatic carbocycles. The molecule has 88 valence electrons. The van der Waals surface area contributed by atoms with Crippen molar-refractivity contribution in [2.45, 2.75) is 52.9 Å². The Balaban J connectivity index is 3.09. The SMILES string of the molecule is C=CCCc1cc(CC)c(CC)cc1CC. The highest BCUT2D eigenvalue weighted by Crippen LogP contribution is 2.20. The van der Waals surface area contributed by atoms with E-state index in [0.29, 0.717) is 0 Å². The molecule has 0 aliphatic rings. The summed E-state index contributed by atoms with van der Waals surface area (Å²) in [6, 6.07) is 4.83. The van der Waals surface area contributed by atoms with E-state index < -0.39 is 0 Å². The van der Waals surface area contributed by atoms with Crippen LogP contribution >= 0.6 is 0 Å². The first kappa shape index (κ1) is 13.0. The summed E-state index contributed by atoms with van der Waals surface area (Å²) >= 11 is 0. The van der Waals surface area contributed by atoms with Crippen LogP contribution in [-0.2, 0) is 25.7 Å². The van der Waals surface area contributed by atoms with Gasteiger partial charge < -0.3 is 0 Å². The Morgan fingerprint density at radius 2 is 1.31 bits per heavy atom. The molecule has 1 rings (SSSR count). The molecule has 0 fully saturated rings. The predicted octanol–water partition coefficient (Wildman–Crippen LogP) is 4.49. The summed E-state index contributed by atoms with van der Waals surface area (Å²) in [7, 11) is 0. The highest BCUT2D eigenvalue weighted by molar-refractivity contribution is 5.39. The van der Waals surface area contributed by atoms with E-state index in [0.717, 1.165) is 32.1 Å². The monoisotopic (exact) mass is 216 g/mol. The molecule has 16 heavy (non-hydrogen) atoms. The summed E-state index contributed by atoms with van der Waals surface area (Å²) in [6.07, 6.45) is 7.68. The van der Waals surface area contributed by atoms with Crippen LogP contribution in [0.2, 0.25) is 0 Å². The van der Waals surface area contributed by atoms with Crippen LogP contribution in [0, 0.1) is 0 Å². The van der Waals surface area contributed by atoms with Crippen LogP contribution in [0.15, 0.2) is 24.8 Å². The van der Waals surface area contributed by atoms with Gasteiger partial charge in [0.25, 0.3) is 0 Å². The average molecular weight is 216 g/mol. The highest BCUT2D eigenvalue weighted by atomic mass is 14.1. The van der Waals surface area contributed by atoms with Crippen molar-refractivity contribution in [3.05, 3.63) is 47.0 Å². The molecule has 0 atom stereocenters. The molecule has 0 radical (unpaired) electrons. The summed E-state index contributed by atoms with van der Waals surface area (Å²) in [5.74, 6) is 0. The Morgan fingerprint density at radius 3 is 1.75 bits per heavy atom. The molecule has 0 heterocycles. The smallest absolute Gasteiger partial charge is 0.0241 e. The zero-order valence-corrected chi connectivity index (χ0v) is 11.0. The molecule has 0 saturated heterocycles. The minimum atomic E-state index is 1.08. The van der Waals surface area contributed by atoms with Gasteiger partial charge in [-0.05, 0) is 54.4 Å². The number of benzene rings is 1. The third-order valence-electron chi connectivity index (χ3n) is 3.28. The molecule has 0 spiro atoms. The maximum absolute atomic E-state index is 3.81. The molecule has 0 aromatic heterocycles. The van der Waals surface area contributed by atoms with Gasteiger partial charge in [0.2, 0.25) is 0 Å². The van der Waals surface area contributed by atoms with E-state index in [1.807, 2.05) is 6.08 Å². The fourth-order valence-electron chi connectivity index (χ4n) is 2.27. The second kappa shape index (κ2) is 6.52. The van der Waals surface area contributed by atoms with Crippen LogP contribution in [0.5, 0.6) is 0 Å². The van der Waals surface area contributed by atoms with Crippen molar-refractivity contribution in [3.63, 3.8) is 0 Å². The lowest BCUT2D eigenvalue weighted by Crippen LogP contribution is -2.00. The van der Waals surface area contributed by atoms with Gasteiger partial charge in [-0.15, -0.1) is 6.58 Å². The molecule has 0 saturated carbocycles. The molecule has 0 bridgehead atoms. The van der Waals surface area contributed by atoms with Gasteiger partial charge in [-0.25, -0.2) is 0 Å². The van der Waals surface area contributed by atoms with E-state index in [1.165, 1.54) is 22.3 Å². The third-order valence-corrected chi connectivity index (χ3v) is 3.28. The van der Waals surface area contributed by atoms with Gasteiger partial charge >= 0.3 is 0 Å². The normalized spacial score (nSPS) is 10.4. The minimum absolute atomic E-state index is 1.08. The maximum Gasteiger partial charge on any atom is -0.0241 e. The predicted molar refractivity (Wildman–Crippen MR) is 73.1 cm³/mol. The van der Waals surface area contributed by atoms with Gasteiger partial charge in [0, 0.05) is 0 Å². The molecule has 0 aliphatic heterocycles. The lowest BCUT2D eigenvalue weighted by molar-refractivity contribution is 0.934. The van der Waals surface area contributed by atoms with Crippen molar-refractivity contribution in [1.82, 2.24) is 0 Å². The van der Waals surface area contributed by atoms with Crippen molar-refractivity contribution >= 4 is 0 Å². The van der Waals surface area contributed by atoms with Crippen LogP contribution in [-0.4, -0.2) is 0 Å². The first-order valence-electron chi connectivity index (χ1n) is 6.51. The molecule has 1 aromatic carbocycles. The Morgan fingerprint density at radius 1 is 0.875 bits per heavy atom. The Hall–Kier alpha value is -1.04. The number of rotatable bonds is 6. The van der Waals surface area contributed by atoms with Crippen LogP contribution in [0.25, 0.3) is 0 Å². The molecule has 0 amide bonds. The summed E-state index contributed by atoms with van der Waals surface area (Å²) in [6.45, 7) is 10.6. The molecule has 0 heteroatoms. The van der Waals surface area contributed by atoms with Crippen LogP contribution in [0.3, 0.4) is 0 Å². The van der Waals surface area contributed by atoms with Crippen molar-refractivity contribution in [1.29, 1.82) is 0 Å².